The molecule has 3 aromatic rings. The highest BCUT2D eigenvalue weighted by atomic mass is 35.5. The number of furan rings is 1. The summed E-state index contributed by atoms with van der Waals surface area (Å²) in [4.78, 5) is 15.6. The van der Waals surface area contributed by atoms with E-state index in [4.69, 9.17) is 48.5 Å². The number of halogens is 1. The molecule has 3 heterocycles. The van der Waals surface area contributed by atoms with Crippen LogP contribution in [-0.4, -0.2) is 44.0 Å². The molecule has 0 spiro atoms. The second-order valence-electron chi connectivity index (χ2n) is 8.16. The van der Waals surface area contributed by atoms with Crippen LogP contribution in [0.1, 0.15) is 31.4 Å². The Morgan fingerprint density at radius 3 is 2.81 bits per heavy atom. The first-order valence-electron chi connectivity index (χ1n) is 11.3. The van der Waals surface area contributed by atoms with Gasteiger partial charge in [-0.15, -0.1) is 11.8 Å². The Morgan fingerprint density at radius 1 is 1.41 bits per heavy atom. The van der Waals surface area contributed by atoms with Crippen LogP contribution in [0.4, 0.5) is 11.5 Å². The molecule has 0 amide bonds. The standard InChI is InChI=1S/C17H18ClNO2S.C8H11N3O3S/c1-11(2)6-8-21-16-10-13(4-5-15(16)18)19-17(22)14-7-9-20-12(14)3;9-5-1-2-11(8(13)10-5)6-4-15-7(3-12)14-6/h4-7,9-10H,8H2,1-3H3,(H,19,22);1-2,6-7,12H,3-4H2,(H2,9,10,13)/t;6-,7-/m.1/s1. The number of nitrogens with one attached hydrogen (secondary N) is 1. The summed E-state index contributed by atoms with van der Waals surface area (Å²) in [7, 11) is 0. The predicted molar refractivity (Wildman–Crippen MR) is 152 cm³/mol. The summed E-state index contributed by atoms with van der Waals surface area (Å²) in [5.74, 6) is 2.22. The second-order valence-corrected chi connectivity index (χ2v) is 10.2. The van der Waals surface area contributed by atoms with Gasteiger partial charge in [-0.3, -0.25) is 4.57 Å². The maximum Gasteiger partial charge on any atom is 0.351 e. The number of hydrogen-bond acceptors (Lipinski definition) is 9. The van der Waals surface area contributed by atoms with Gasteiger partial charge in [-0.25, -0.2) is 4.79 Å². The van der Waals surface area contributed by atoms with Crippen molar-refractivity contribution in [2.75, 3.05) is 30.0 Å². The Hall–Kier alpha value is -2.83. The molecule has 0 aliphatic carbocycles. The highest BCUT2D eigenvalue weighted by Gasteiger charge is 2.27. The molecule has 4 N–H and O–H groups in total. The van der Waals surface area contributed by atoms with Crippen molar-refractivity contribution >= 4 is 52.1 Å². The van der Waals surface area contributed by atoms with Crippen molar-refractivity contribution in [1.29, 1.82) is 0 Å². The summed E-state index contributed by atoms with van der Waals surface area (Å²) >= 11 is 13.0. The first kappa shape index (κ1) is 28.7. The zero-order valence-corrected chi connectivity index (χ0v) is 23.0. The third-order valence-corrected chi connectivity index (χ3v) is 6.81. The Morgan fingerprint density at radius 2 is 2.19 bits per heavy atom. The fourth-order valence-electron chi connectivity index (χ4n) is 3.14. The van der Waals surface area contributed by atoms with Gasteiger partial charge >= 0.3 is 5.69 Å². The molecule has 2 aromatic heterocycles. The number of rotatable bonds is 7. The second kappa shape index (κ2) is 13.6. The average Bonchev–Trinajstić information content (AvgIpc) is 3.50. The molecule has 0 radical (unpaired) electrons. The average molecular weight is 565 g/mol. The van der Waals surface area contributed by atoms with Gasteiger partial charge in [-0.2, -0.15) is 4.98 Å². The lowest BCUT2D eigenvalue weighted by Crippen LogP contribution is -2.28. The maximum absolute atomic E-state index is 11.4. The number of aliphatic hydroxyl groups excluding tert-OH is 1. The van der Waals surface area contributed by atoms with Crippen molar-refractivity contribution in [2.45, 2.75) is 32.4 Å². The lowest BCUT2D eigenvalue weighted by Gasteiger charge is -2.13. The first-order chi connectivity index (χ1) is 17.7. The molecule has 0 unspecified atom stereocenters. The first-order valence-corrected chi connectivity index (χ1v) is 13.1. The van der Waals surface area contributed by atoms with E-state index in [1.165, 1.54) is 21.9 Å². The number of nitrogens with two attached hydrogens (primary N) is 1. The number of nitrogens with zero attached hydrogens (tertiary/aromatic N) is 2. The van der Waals surface area contributed by atoms with Gasteiger partial charge in [0, 0.05) is 23.7 Å². The van der Waals surface area contributed by atoms with Gasteiger partial charge in [-0.1, -0.05) is 29.4 Å². The van der Waals surface area contributed by atoms with Crippen LogP contribution in [0, 0.1) is 6.92 Å². The zero-order valence-electron chi connectivity index (χ0n) is 20.6. The summed E-state index contributed by atoms with van der Waals surface area (Å²) in [6.07, 6.45) is 4.80. The number of aliphatic hydroxyl groups is 1. The van der Waals surface area contributed by atoms with Crippen LogP contribution < -0.4 is 21.5 Å². The quantitative estimate of drug-likeness (QED) is 0.273. The molecule has 1 aromatic carbocycles. The van der Waals surface area contributed by atoms with Gasteiger partial charge in [0.05, 0.1) is 23.5 Å². The van der Waals surface area contributed by atoms with Gasteiger partial charge in [0.1, 0.15) is 40.6 Å². The molecule has 9 nitrogen and oxygen atoms in total. The van der Waals surface area contributed by atoms with E-state index in [9.17, 15) is 4.79 Å². The lowest BCUT2D eigenvalue weighted by atomic mass is 10.2. The number of benzene rings is 1. The van der Waals surface area contributed by atoms with Crippen LogP contribution in [0.5, 0.6) is 5.75 Å². The molecular weight excluding hydrogens is 536 g/mol. The van der Waals surface area contributed by atoms with Crippen molar-refractivity contribution < 1.29 is 19.0 Å². The van der Waals surface area contributed by atoms with E-state index < -0.39 is 5.69 Å². The van der Waals surface area contributed by atoms with E-state index in [1.807, 2.05) is 45.0 Å². The van der Waals surface area contributed by atoms with E-state index in [0.717, 1.165) is 17.0 Å². The Balaban J connectivity index is 0.000000220. The van der Waals surface area contributed by atoms with Crippen LogP contribution >= 0.6 is 35.6 Å². The number of aromatic nitrogens is 2. The van der Waals surface area contributed by atoms with Crippen molar-refractivity contribution in [3.8, 4) is 5.75 Å². The number of anilines is 2. The molecule has 2 atom stereocenters. The number of ether oxygens (including phenoxy) is 2. The van der Waals surface area contributed by atoms with Gasteiger partial charge in [-0.05, 0) is 51.1 Å². The van der Waals surface area contributed by atoms with Gasteiger partial charge in [0.25, 0.3) is 0 Å². The van der Waals surface area contributed by atoms with Crippen molar-refractivity contribution in [1.82, 2.24) is 9.55 Å². The fraction of sp³-hybridized carbons (Fsp3) is 0.320. The summed E-state index contributed by atoms with van der Waals surface area (Å²) < 4.78 is 17.7. The third-order valence-electron chi connectivity index (χ3n) is 5.07. The van der Waals surface area contributed by atoms with Crippen molar-refractivity contribution in [3.05, 3.63) is 81.3 Å². The minimum atomic E-state index is -0.431. The van der Waals surface area contributed by atoms with Crippen LogP contribution in [0.3, 0.4) is 0 Å². The lowest BCUT2D eigenvalue weighted by molar-refractivity contribution is -0.00629. The molecule has 4 rings (SSSR count). The van der Waals surface area contributed by atoms with Gasteiger partial charge in [0.15, 0.2) is 0 Å². The van der Waals surface area contributed by atoms with Crippen molar-refractivity contribution in [2.24, 2.45) is 0 Å². The molecule has 1 aliphatic heterocycles. The van der Waals surface area contributed by atoms with Gasteiger partial charge < -0.3 is 30.0 Å². The van der Waals surface area contributed by atoms with E-state index in [1.54, 1.807) is 24.6 Å². The van der Waals surface area contributed by atoms with Gasteiger partial charge in [0.2, 0.25) is 0 Å². The Bertz CT molecular complexity index is 1310. The highest BCUT2D eigenvalue weighted by Crippen LogP contribution is 2.30. The molecular formula is C25H29ClN4O5S2. The predicted octanol–water partition coefficient (Wildman–Crippen LogP) is 4.78. The topological polar surface area (TPSA) is 125 Å². The fourth-order valence-corrected chi connectivity index (χ4v) is 4.57. The van der Waals surface area contributed by atoms with Crippen molar-refractivity contribution in [3.63, 3.8) is 0 Å². The minimum absolute atomic E-state index is 0.0572. The van der Waals surface area contributed by atoms with Crippen LogP contribution in [0.2, 0.25) is 5.02 Å². The summed E-state index contributed by atoms with van der Waals surface area (Å²) in [5, 5.41) is 12.6. The molecule has 1 aliphatic rings. The number of aryl methyl sites for hydroxylation is 1. The number of nitrogen functional groups attached to an aromatic ring is 1. The van der Waals surface area contributed by atoms with Crippen LogP contribution in [-0.2, 0) is 4.74 Å². The molecule has 1 saturated heterocycles. The highest BCUT2D eigenvalue weighted by molar-refractivity contribution is 8.00. The smallest absolute Gasteiger partial charge is 0.351 e. The zero-order chi connectivity index (χ0) is 26.9. The largest absolute Gasteiger partial charge is 0.488 e. The number of thiocarbonyl (C=S) groups is 1. The monoisotopic (exact) mass is 564 g/mol. The summed E-state index contributed by atoms with van der Waals surface area (Å²) in [6.45, 7) is 6.34. The summed E-state index contributed by atoms with van der Waals surface area (Å²) in [5.41, 5.74) is 7.56. The van der Waals surface area contributed by atoms with E-state index in [2.05, 4.69) is 10.3 Å². The molecule has 37 heavy (non-hydrogen) atoms. The summed E-state index contributed by atoms with van der Waals surface area (Å²) in [6, 6.07) is 8.86. The molecule has 0 bridgehead atoms. The number of thioether (sulfide) groups is 1. The molecule has 198 valence electrons. The molecule has 1 fully saturated rings. The van der Waals surface area contributed by atoms with Crippen LogP contribution in [0.15, 0.2) is 63.7 Å². The SMILES string of the molecule is CC(C)=CCOc1cc(NC(=S)c2ccoc2C)ccc1Cl.Nc1ccn([C@H]2CS[C@H](CO)O2)c(=O)n1. The normalized spacial score (nSPS) is 16.5. The number of hydrogen-bond donors (Lipinski definition) is 3. The maximum atomic E-state index is 11.4. The van der Waals surface area contributed by atoms with E-state index in [0.29, 0.717) is 28.1 Å². The Kier molecular flexibility index (Phi) is 10.6. The Labute approximate surface area is 229 Å². The third kappa shape index (κ3) is 8.34. The van der Waals surface area contributed by atoms with E-state index >= 15 is 0 Å². The number of allylic oxidation sites excluding steroid dienone is 1. The molecule has 12 heteroatoms. The van der Waals surface area contributed by atoms with Crippen LogP contribution in [0.25, 0.3) is 0 Å². The molecule has 0 saturated carbocycles. The van der Waals surface area contributed by atoms with E-state index in [-0.39, 0.29) is 24.1 Å². The minimum Gasteiger partial charge on any atom is -0.488 e.